The third-order valence-corrected chi connectivity index (χ3v) is 2.54. The number of hydrogen-bond donors (Lipinski definition) is 2. The standard InChI is InChI=1S/C11H7Cl2N3O2/c12-6-1-3-7(4-2-6)14-10-8(11(17)18)5-9(13)15-16-10/h1-5H,(H,14,16)(H,17,18). The number of aromatic nitrogens is 2. The Kier molecular flexibility index (Phi) is 3.64. The summed E-state index contributed by atoms with van der Waals surface area (Å²) < 4.78 is 0. The Balaban J connectivity index is 2.34. The summed E-state index contributed by atoms with van der Waals surface area (Å²) in [7, 11) is 0. The van der Waals surface area contributed by atoms with Crippen molar-refractivity contribution in [1.29, 1.82) is 0 Å². The second-order valence-corrected chi connectivity index (χ2v) is 4.19. The van der Waals surface area contributed by atoms with E-state index in [0.717, 1.165) is 0 Å². The van der Waals surface area contributed by atoms with Gasteiger partial charge in [-0.2, -0.15) is 0 Å². The Morgan fingerprint density at radius 3 is 2.44 bits per heavy atom. The van der Waals surface area contributed by atoms with E-state index < -0.39 is 5.97 Å². The zero-order valence-electron chi connectivity index (χ0n) is 8.89. The van der Waals surface area contributed by atoms with Crippen LogP contribution in [0.4, 0.5) is 11.5 Å². The molecule has 0 aliphatic carbocycles. The molecule has 5 nitrogen and oxygen atoms in total. The zero-order valence-corrected chi connectivity index (χ0v) is 10.4. The smallest absolute Gasteiger partial charge is 0.339 e. The van der Waals surface area contributed by atoms with Gasteiger partial charge in [0.25, 0.3) is 0 Å². The normalized spacial score (nSPS) is 10.1. The summed E-state index contributed by atoms with van der Waals surface area (Å²) in [6, 6.07) is 7.98. The lowest BCUT2D eigenvalue weighted by atomic mass is 10.2. The summed E-state index contributed by atoms with van der Waals surface area (Å²) in [4.78, 5) is 11.0. The molecule has 0 bridgehead atoms. The van der Waals surface area contributed by atoms with Crippen LogP contribution >= 0.6 is 23.2 Å². The molecule has 0 spiro atoms. The first kappa shape index (κ1) is 12.6. The summed E-state index contributed by atoms with van der Waals surface area (Å²) in [5.41, 5.74) is 0.600. The molecule has 7 heteroatoms. The van der Waals surface area contributed by atoms with Crippen LogP contribution in [0.1, 0.15) is 10.4 Å². The molecule has 0 radical (unpaired) electrons. The second-order valence-electron chi connectivity index (χ2n) is 3.37. The molecule has 0 aliphatic rings. The highest BCUT2D eigenvalue weighted by Crippen LogP contribution is 2.21. The molecule has 0 saturated heterocycles. The molecular weight excluding hydrogens is 277 g/mol. The van der Waals surface area contributed by atoms with Crippen molar-refractivity contribution in [1.82, 2.24) is 10.2 Å². The van der Waals surface area contributed by atoms with Gasteiger partial charge in [-0.3, -0.25) is 0 Å². The minimum absolute atomic E-state index is 0.0223. The summed E-state index contributed by atoms with van der Waals surface area (Å²) in [6.45, 7) is 0. The highest BCUT2D eigenvalue weighted by Gasteiger charge is 2.13. The molecule has 1 aromatic heterocycles. The van der Waals surface area contributed by atoms with Gasteiger partial charge in [-0.25, -0.2) is 4.79 Å². The Labute approximate surface area is 112 Å². The first-order chi connectivity index (χ1) is 8.56. The summed E-state index contributed by atoms with van der Waals surface area (Å²) in [5, 5.41) is 19.8. The molecule has 2 aromatic rings. The largest absolute Gasteiger partial charge is 0.478 e. The topological polar surface area (TPSA) is 75.1 Å². The van der Waals surface area contributed by atoms with Crippen LogP contribution in [0.2, 0.25) is 10.2 Å². The van der Waals surface area contributed by atoms with Gasteiger partial charge in [-0.15, -0.1) is 10.2 Å². The van der Waals surface area contributed by atoms with Crippen LogP contribution in [0.25, 0.3) is 0 Å². The SMILES string of the molecule is O=C(O)c1cc(Cl)nnc1Nc1ccc(Cl)cc1. The summed E-state index contributed by atoms with van der Waals surface area (Å²) in [5.74, 6) is -1.02. The fourth-order valence-electron chi connectivity index (χ4n) is 1.29. The van der Waals surface area contributed by atoms with E-state index in [2.05, 4.69) is 15.5 Å². The first-order valence-electron chi connectivity index (χ1n) is 4.85. The minimum atomic E-state index is -1.14. The maximum Gasteiger partial charge on any atom is 0.339 e. The number of carboxylic acids is 1. The van der Waals surface area contributed by atoms with E-state index in [4.69, 9.17) is 28.3 Å². The molecule has 0 unspecified atom stereocenters. The van der Waals surface area contributed by atoms with E-state index in [0.29, 0.717) is 10.7 Å². The summed E-state index contributed by atoms with van der Waals surface area (Å²) in [6.07, 6.45) is 0. The van der Waals surface area contributed by atoms with Gasteiger partial charge in [0.1, 0.15) is 5.56 Å². The lowest BCUT2D eigenvalue weighted by Gasteiger charge is -2.07. The second kappa shape index (κ2) is 5.20. The monoisotopic (exact) mass is 283 g/mol. The van der Waals surface area contributed by atoms with E-state index in [1.807, 2.05) is 0 Å². The number of nitrogens with one attached hydrogen (secondary N) is 1. The molecule has 0 fully saturated rings. The van der Waals surface area contributed by atoms with Crippen LogP contribution in [0.15, 0.2) is 30.3 Å². The number of halogens is 2. The average molecular weight is 284 g/mol. The maximum atomic E-state index is 11.0. The summed E-state index contributed by atoms with van der Waals surface area (Å²) >= 11 is 11.4. The number of nitrogens with zero attached hydrogens (tertiary/aromatic N) is 2. The van der Waals surface area contributed by atoms with Crippen molar-refractivity contribution in [2.24, 2.45) is 0 Å². The van der Waals surface area contributed by atoms with Gasteiger partial charge in [0.15, 0.2) is 11.0 Å². The molecule has 1 heterocycles. The van der Waals surface area contributed by atoms with Gasteiger partial charge in [0.05, 0.1) is 0 Å². The number of carboxylic acid groups (broad SMARTS) is 1. The Morgan fingerprint density at radius 2 is 1.83 bits per heavy atom. The molecule has 18 heavy (non-hydrogen) atoms. The van der Waals surface area contributed by atoms with Crippen molar-refractivity contribution in [2.45, 2.75) is 0 Å². The number of benzene rings is 1. The maximum absolute atomic E-state index is 11.0. The zero-order chi connectivity index (χ0) is 13.1. The molecule has 2 rings (SSSR count). The molecule has 2 N–H and O–H groups in total. The van der Waals surface area contributed by atoms with Crippen LogP contribution in [0.5, 0.6) is 0 Å². The molecule has 1 aromatic carbocycles. The van der Waals surface area contributed by atoms with E-state index in [-0.39, 0.29) is 16.5 Å². The van der Waals surface area contributed by atoms with Crippen LogP contribution < -0.4 is 5.32 Å². The van der Waals surface area contributed by atoms with Gasteiger partial charge >= 0.3 is 5.97 Å². The van der Waals surface area contributed by atoms with Crippen molar-refractivity contribution in [3.63, 3.8) is 0 Å². The Morgan fingerprint density at radius 1 is 1.17 bits per heavy atom. The molecule has 0 amide bonds. The quantitative estimate of drug-likeness (QED) is 0.905. The predicted molar refractivity (Wildman–Crippen MR) is 68.7 cm³/mol. The van der Waals surface area contributed by atoms with E-state index in [9.17, 15) is 4.79 Å². The van der Waals surface area contributed by atoms with E-state index in [1.54, 1.807) is 24.3 Å². The van der Waals surface area contributed by atoms with Gasteiger partial charge < -0.3 is 10.4 Å². The van der Waals surface area contributed by atoms with Gasteiger partial charge in [0.2, 0.25) is 0 Å². The lowest BCUT2D eigenvalue weighted by Crippen LogP contribution is -2.06. The van der Waals surface area contributed by atoms with Crippen molar-refractivity contribution in [3.8, 4) is 0 Å². The molecule has 0 saturated carbocycles. The number of hydrogen-bond acceptors (Lipinski definition) is 4. The average Bonchev–Trinajstić information content (AvgIpc) is 2.34. The predicted octanol–water partition coefficient (Wildman–Crippen LogP) is 3.23. The van der Waals surface area contributed by atoms with Crippen LogP contribution in [-0.2, 0) is 0 Å². The third kappa shape index (κ3) is 2.88. The molecule has 0 atom stereocenters. The number of rotatable bonds is 3. The fourth-order valence-corrected chi connectivity index (χ4v) is 1.57. The van der Waals surface area contributed by atoms with Crippen molar-refractivity contribution in [3.05, 3.63) is 46.1 Å². The van der Waals surface area contributed by atoms with Crippen molar-refractivity contribution in [2.75, 3.05) is 5.32 Å². The third-order valence-electron chi connectivity index (χ3n) is 2.10. The van der Waals surface area contributed by atoms with Crippen molar-refractivity contribution < 1.29 is 9.90 Å². The van der Waals surface area contributed by atoms with Crippen LogP contribution in [0, 0.1) is 0 Å². The molecule has 0 aliphatic heterocycles. The van der Waals surface area contributed by atoms with Gasteiger partial charge in [0, 0.05) is 10.7 Å². The number of carbonyl (C=O) groups is 1. The van der Waals surface area contributed by atoms with Crippen LogP contribution in [0.3, 0.4) is 0 Å². The Bertz CT molecular complexity index is 587. The number of aromatic carboxylic acids is 1. The van der Waals surface area contributed by atoms with E-state index >= 15 is 0 Å². The molecule has 92 valence electrons. The van der Waals surface area contributed by atoms with Crippen LogP contribution in [-0.4, -0.2) is 21.3 Å². The fraction of sp³-hybridized carbons (Fsp3) is 0. The van der Waals surface area contributed by atoms with Gasteiger partial charge in [-0.1, -0.05) is 23.2 Å². The highest BCUT2D eigenvalue weighted by atomic mass is 35.5. The minimum Gasteiger partial charge on any atom is -0.478 e. The highest BCUT2D eigenvalue weighted by molar-refractivity contribution is 6.30. The van der Waals surface area contributed by atoms with Gasteiger partial charge in [-0.05, 0) is 30.3 Å². The Hall–Kier alpha value is -1.85. The van der Waals surface area contributed by atoms with E-state index in [1.165, 1.54) is 6.07 Å². The lowest BCUT2D eigenvalue weighted by molar-refractivity contribution is 0.0697. The molecular formula is C11H7Cl2N3O2. The van der Waals surface area contributed by atoms with Crippen molar-refractivity contribution >= 4 is 40.7 Å². The number of anilines is 2. The first-order valence-corrected chi connectivity index (χ1v) is 5.61.